The first kappa shape index (κ1) is 18.3. The van der Waals surface area contributed by atoms with Crippen LogP contribution in [0.25, 0.3) is 11.3 Å². The molecule has 0 aliphatic carbocycles. The number of anilines is 1. The largest absolute Gasteiger partial charge is 0.496 e. The second kappa shape index (κ2) is 8.18. The summed E-state index contributed by atoms with van der Waals surface area (Å²) in [5.41, 5.74) is 1.53. The van der Waals surface area contributed by atoms with Crippen molar-refractivity contribution in [2.45, 2.75) is 19.9 Å². The van der Waals surface area contributed by atoms with Gasteiger partial charge in [-0.15, -0.1) is 0 Å². The molecular weight excluding hydrogens is 324 g/mol. The van der Waals surface area contributed by atoms with Crippen LogP contribution in [0.5, 0.6) is 5.75 Å². The number of carbonyl (C=O) groups is 2. The SMILES string of the molecule is COC(=O)NC(C(=O)Nc1cc(-c2ccccc2OC)[nH]n1)C(C)C. The van der Waals surface area contributed by atoms with Gasteiger partial charge in [0.2, 0.25) is 5.91 Å². The van der Waals surface area contributed by atoms with Crippen LogP contribution in [-0.4, -0.2) is 42.5 Å². The van der Waals surface area contributed by atoms with Crippen molar-refractivity contribution in [1.29, 1.82) is 0 Å². The maximum absolute atomic E-state index is 12.4. The van der Waals surface area contributed by atoms with Gasteiger partial charge in [-0.1, -0.05) is 26.0 Å². The minimum Gasteiger partial charge on any atom is -0.496 e. The molecule has 0 spiro atoms. The first-order valence-corrected chi connectivity index (χ1v) is 7.80. The van der Waals surface area contributed by atoms with Crippen molar-refractivity contribution in [3.63, 3.8) is 0 Å². The van der Waals surface area contributed by atoms with Crippen molar-refractivity contribution < 1.29 is 19.1 Å². The number of rotatable bonds is 6. The van der Waals surface area contributed by atoms with Crippen LogP contribution in [0.3, 0.4) is 0 Å². The summed E-state index contributed by atoms with van der Waals surface area (Å²) >= 11 is 0. The summed E-state index contributed by atoms with van der Waals surface area (Å²) in [6.45, 7) is 3.65. The van der Waals surface area contributed by atoms with Crippen molar-refractivity contribution in [2.75, 3.05) is 19.5 Å². The molecule has 8 heteroatoms. The number of aromatic nitrogens is 2. The molecule has 1 aromatic carbocycles. The third-order valence-electron chi connectivity index (χ3n) is 3.63. The van der Waals surface area contributed by atoms with Gasteiger partial charge in [-0.25, -0.2) is 4.79 Å². The van der Waals surface area contributed by atoms with Gasteiger partial charge < -0.3 is 20.1 Å². The summed E-state index contributed by atoms with van der Waals surface area (Å²) in [5.74, 6) is 0.546. The highest BCUT2D eigenvalue weighted by atomic mass is 16.5. The molecule has 1 heterocycles. The van der Waals surface area contributed by atoms with Crippen LogP contribution >= 0.6 is 0 Å². The van der Waals surface area contributed by atoms with Crippen LogP contribution in [0.1, 0.15) is 13.8 Å². The second-order valence-electron chi connectivity index (χ2n) is 5.71. The van der Waals surface area contributed by atoms with E-state index in [0.717, 1.165) is 5.56 Å². The number of aromatic amines is 1. The summed E-state index contributed by atoms with van der Waals surface area (Å²) in [6, 6.07) is 8.43. The molecule has 0 radical (unpaired) electrons. The van der Waals surface area contributed by atoms with Gasteiger partial charge in [-0.2, -0.15) is 5.10 Å². The third kappa shape index (κ3) is 4.50. The quantitative estimate of drug-likeness (QED) is 0.745. The van der Waals surface area contributed by atoms with E-state index >= 15 is 0 Å². The lowest BCUT2D eigenvalue weighted by Crippen LogP contribution is -2.47. The summed E-state index contributed by atoms with van der Waals surface area (Å²) < 4.78 is 9.87. The Morgan fingerprint density at radius 3 is 2.56 bits per heavy atom. The molecule has 0 aliphatic heterocycles. The van der Waals surface area contributed by atoms with Crippen molar-refractivity contribution >= 4 is 17.8 Å². The fourth-order valence-corrected chi connectivity index (χ4v) is 2.32. The number of ether oxygens (including phenoxy) is 2. The van der Waals surface area contributed by atoms with Gasteiger partial charge in [0.1, 0.15) is 11.8 Å². The van der Waals surface area contributed by atoms with Gasteiger partial charge in [0.15, 0.2) is 5.82 Å². The normalized spacial score (nSPS) is 11.7. The molecule has 0 aliphatic rings. The standard InChI is InChI=1S/C17H22N4O4/c1-10(2)15(19-17(23)25-4)16(22)18-14-9-12(20-21-14)11-7-5-6-8-13(11)24-3/h5-10,15H,1-4H3,(H,19,23)(H2,18,20,21,22). The summed E-state index contributed by atoms with van der Waals surface area (Å²) in [6.07, 6.45) is -0.661. The zero-order valence-corrected chi connectivity index (χ0v) is 14.6. The number of hydrogen-bond acceptors (Lipinski definition) is 5. The molecule has 1 aromatic heterocycles. The van der Waals surface area contributed by atoms with Crippen LogP contribution in [-0.2, 0) is 9.53 Å². The van der Waals surface area contributed by atoms with Gasteiger partial charge in [-0.05, 0) is 18.1 Å². The number of amides is 2. The predicted octanol–water partition coefficient (Wildman–Crippen LogP) is 2.40. The number of para-hydroxylation sites is 1. The molecule has 8 nitrogen and oxygen atoms in total. The fraction of sp³-hybridized carbons (Fsp3) is 0.353. The van der Waals surface area contributed by atoms with Crippen molar-refractivity contribution in [3.8, 4) is 17.0 Å². The van der Waals surface area contributed by atoms with Crippen molar-refractivity contribution in [1.82, 2.24) is 15.5 Å². The van der Waals surface area contributed by atoms with Gasteiger partial charge >= 0.3 is 6.09 Å². The number of H-pyrrole nitrogens is 1. The van der Waals surface area contributed by atoms with E-state index < -0.39 is 12.1 Å². The minimum atomic E-state index is -0.737. The minimum absolute atomic E-state index is 0.119. The Balaban J connectivity index is 2.14. The van der Waals surface area contributed by atoms with Crippen LogP contribution in [0, 0.1) is 5.92 Å². The van der Waals surface area contributed by atoms with Gasteiger partial charge in [0, 0.05) is 11.6 Å². The summed E-state index contributed by atoms with van der Waals surface area (Å²) in [7, 11) is 2.83. The monoisotopic (exact) mass is 346 g/mol. The van der Waals surface area contributed by atoms with Crippen LogP contribution < -0.4 is 15.4 Å². The van der Waals surface area contributed by atoms with E-state index in [0.29, 0.717) is 17.3 Å². The number of carbonyl (C=O) groups excluding carboxylic acids is 2. The average molecular weight is 346 g/mol. The average Bonchev–Trinajstić information content (AvgIpc) is 3.07. The molecule has 134 valence electrons. The number of benzene rings is 1. The van der Waals surface area contributed by atoms with E-state index in [1.165, 1.54) is 7.11 Å². The molecule has 2 aromatic rings. The molecule has 0 bridgehead atoms. The van der Waals surface area contributed by atoms with Crippen LogP contribution in [0.4, 0.5) is 10.6 Å². The second-order valence-corrected chi connectivity index (χ2v) is 5.71. The van der Waals surface area contributed by atoms with E-state index in [1.807, 2.05) is 38.1 Å². The first-order chi connectivity index (χ1) is 12.0. The summed E-state index contributed by atoms with van der Waals surface area (Å²) in [5, 5.41) is 12.2. The highest BCUT2D eigenvalue weighted by Gasteiger charge is 2.25. The Labute approximate surface area is 145 Å². The number of nitrogens with zero attached hydrogens (tertiary/aromatic N) is 1. The molecular formula is C17H22N4O4. The molecule has 1 atom stereocenters. The van der Waals surface area contributed by atoms with Gasteiger partial charge in [0.25, 0.3) is 0 Å². The molecule has 25 heavy (non-hydrogen) atoms. The number of hydrogen-bond donors (Lipinski definition) is 3. The molecule has 3 N–H and O–H groups in total. The van der Waals surface area contributed by atoms with Crippen LogP contribution in [0.2, 0.25) is 0 Å². The molecule has 2 amide bonds. The molecule has 1 unspecified atom stereocenters. The number of alkyl carbamates (subject to hydrolysis) is 1. The van der Waals surface area contributed by atoms with Crippen molar-refractivity contribution in [2.24, 2.45) is 5.92 Å². The fourth-order valence-electron chi connectivity index (χ4n) is 2.32. The van der Waals surface area contributed by atoms with Gasteiger partial charge in [-0.3, -0.25) is 9.89 Å². The lowest BCUT2D eigenvalue weighted by molar-refractivity contribution is -0.119. The first-order valence-electron chi connectivity index (χ1n) is 7.80. The number of nitrogens with one attached hydrogen (secondary N) is 3. The Kier molecular flexibility index (Phi) is 5.99. The smallest absolute Gasteiger partial charge is 0.407 e. The molecule has 0 saturated carbocycles. The highest BCUT2D eigenvalue weighted by molar-refractivity contribution is 5.96. The Bertz CT molecular complexity index is 742. The topological polar surface area (TPSA) is 105 Å². The van der Waals surface area contributed by atoms with E-state index in [9.17, 15) is 9.59 Å². The molecule has 2 rings (SSSR count). The molecule has 0 fully saturated rings. The predicted molar refractivity (Wildman–Crippen MR) is 93.4 cm³/mol. The Hall–Kier alpha value is -3.03. The third-order valence-corrected chi connectivity index (χ3v) is 3.63. The zero-order chi connectivity index (χ0) is 18.4. The van der Waals surface area contributed by atoms with E-state index in [1.54, 1.807) is 13.2 Å². The number of methoxy groups -OCH3 is 2. The maximum atomic E-state index is 12.4. The van der Waals surface area contributed by atoms with E-state index in [4.69, 9.17) is 4.74 Å². The maximum Gasteiger partial charge on any atom is 0.407 e. The molecule has 0 saturated heterocycles. The zero-order valence-electron chi connectivity index (χ0n) is 14.6. The van der Waals surface area contributed by atoms with E-state index in [-0.39, 0.29) is 11.8 Å². The Morgan fingerprint density at radius 2 is 1.92 bits per heavy atom. The van der Waals surface area contributed by atoms with Crippen molar-refractivity contribution in [3.05, 3.63) is 30.3 Å². The van der Waals surface area contributed by atoms with E-state index in [2.05, 4.69) is 25.6 Å². The summed E-state index contributed by atoms with van der Waals surface area (Å²) in [4.78, 5) is 23.8. The van der Waals surface area contributed by atoms with Gasteiger partial charge in [0.05, 0.1) is 19.9 Å². The lowest BCUT2D eigenvalue weighted by Gasteiger charge is -2.20. The Morgan fingerprint density at radius 1 is 1.20 bits per heavy atom. The lowest BCUT2D eigenvalue weighted by atomic mass is 10.0. The van der Waals surface area contributed by atoms with Crippen LogP contribution in [0.15, 0.2) is 30.3 Å². The highest BCUT2D eigenvalue weighted by Crippen LogP contribution is 2.29.